The SMILES string of the molecule is c1ccc(-c2cccc(N(c3cccc(-c4ccc5c(c4)c(-c4ccccc4)c(-c4ccccc4)c4ccccc45)c3)c3c(-c4ccccc4)cccc3-c3ccccc3)c2)cc1. The molecule has 0 fully saturated rings. The second kappa shape index (κ2) is 16.7. The number of nitrogens with zero attached hydrogens (tertiary/aromatic N) is 1. The number of hydrogen-bond acceptors (Lipinski definition) is 1. The van der Waals surface area contributed by atoms with Crippen molar-refractivity contribution in [2.75, 3.05) is 4.90 Å². The van der Waals surface area contributed by atoms with E-state index in [1.54, 1.807) is 0 Å². The number of hydrogen-bond donors (Lipinski definition) is 0. The molecule has 296 valence electrons. The second-order valence-electron chi connectivity index (χ2n) is 16.0. The van der Waals surface area contributed by atoms with E-state index in [1.807, 2.05) is 0 Å². The molecule has 0 N–H and O–H groups in total. The molecule has 0 aliphatic heterocycles. The Bertz CT molecular complexity index is 3300. The van der Waals surface area contributed by atoms with Crippen molar-refractivity contribution in [1.82, 2.24) is 0 Å². The van der Waals surface area contributed by atoms with Gasteiger partial charge in [-0.15, -0.1) is 0 Å². The van der Waals surface area contributed by atoms with Crippen molar-refractivity contribution in [3.63, 3.8) is 0 Å². The van der Waals surface area contributed by atoms with E-state index in [9.17, 15) is 0 Å². The molecular weight excluding hydrogens is 759 g/mol. The van der Waals surface area contributed by atoms with E-state index < -0.39 is 0 Å². The molecule has 0 radical (unpaired) electrons. The maximum absolute atomic E-state index is 2.47. The van der Waals surface area contributed by atoms with Gasteiger partial charge in [-0.1, -0.05) is 231 Å². The zero-order valence-electron chi connectivity index (χ0n) is 34.8. The molecule has 0 amide bonds. The summed E-state index contributed by atoms with van der Waals surface area (Å²) in [6, 6.07) is 94.7. The highest BCUT2D eigenvalue weighted by Crippen LogP contribution is 2.49. The van der Waals surface area contributed by atoms with Gasteiger partial charge in [0.05, 0.1) is 5.69 Å². The van der Waals surface area contributed by atoms with E-state index in [-0.39, 0.29) is 0 Å². The van der Waals surface area contributed by atoms with Gasteiger partial charge in [-0.05, 0) is 108 Å². The van der Waals surface area contributed by atoms with Gasteiger partial charge in [-0.25, -0.2) is 0 Å². The van der Waals surface area contributed by atoms with E-state index in [0.717, 1.165) is 56.0 Å². The van der Waals surface area contributed by atoms with E-state index in [0.29, 0.717) is 0 Å². The Labute approximate surface area is 369 Å². The second-order valence-corrected chi connectivity index (χ2v) is 16.0. The average molecular weight is 802 g/mol. The summed E-state index contributed by atoms with van der Waals surface area (Å²) in [5.41, 5.74) is 17.5. The van der Waals surface area contributed by atoms with E-state index in [1.165, 1.54) is 49.4 Å². The van der Waals surface area contributed by atoms with Crippen molar-refractivity contribution in [3.05, 3.63) is 261 Å². The highest BCUT2D eigenvalue weighted by Gasteiger charge is 2.23. The van der Waals surface area contributed by atoms with E-state index >= 15 is 0 Å². The molecule has 63 heavy (non-hydrogen) atoms. The van der Waals surface area contributed by atoms with Crippen LogP contribution in [0, 0.1) is 0 Å². The van der Waals surface area contributed by atoms with Crippen LogP contribution in [0.2, 0.25) is 0 Å². The molecule has 1 heteroatoms. The van der Waals surface area contributed by atoms with Crippen molar-refractivity contribution in [3.8, 4) is 66.8 Å². The first-order valence-corrected chi connectivity index (χ1v) is 21.7. The summed E-state index contributed by atoms with van der Waals surface area (Å²) in [5, 5.41) is 4.98. The Morgan fingerprint density at radius 1 is 0.206 bits per heavy atom. The Hall–Kier alpha value is -8.26. The van der Waals surface area contributed by atoms with Gasteiger partial charge < -0.3 is 4.90 Å². The third-order valence-electron chi connectivity index (χ3n) is 12.2. The summed E-state index contributed by atoms with van der Waals surface area (Å²) in [7, 11) is 0. The van der Waals surface area contributed by atoms with Crippen molar-refractivity contribution in [2.45, 2.75) is 0 Å². The smallest absolute Gasteiger partial charge is 0.0618 e. The lowest BCUT2D eigenvalue weighted by atomic mass is 9.84. The molecule has 1 nitrogen and oxygen atoms in total. The van der Waals surface area contributed by atoms with Crippen LogP contribution in [0.15, 0.2) is 261 Å². The normalized spacial score (nSPS) is 11.2. The van der Waals surface area contributed by atoms with Gasteiger partial charge in [-0.2, -0.15) is 0 Å². The molecule has 11 aromatic carbocycles. The van der Waals surface area contributed by atoms with Gasteiger partial charge in [0.2, 0.25) is 0 Å². The first-order valence-electron chi connectivity index (χ1n) is 21.7. The molecule has 11 aromatic rings. The van der Waals surface area contributed by atoms with E-state index in [4.69, 9.17) is 0 Å². The Morgan fingerprint density at radius 2 is 0.571 bits per heavy atom. The fourth-order valence-electron chi connectivity index (χ4n) is 9.35. The monoisotopic (exact) mass is 801 g/mol. The molecule has 0 bridgehead atoms. The standard InChI is InChI=1S/C62H43N/c1-6-21-44(22-7-1)49-31-18-33-52(41-49)63(62-54(45-23-8-2-9-24-45)37-20-38-55(62)46-25-10-3-11-26-46)53-34-19-32-50(42-53)51-39-40-57-56-35-16-17-36-58(56)60(47-27-12-4-13-28-47)61(59(57)43-51)48-29-14-5-15-30-48/h1-43H. The summed E-state index contributed by atoms with van der Waals surface area (Å²) in [6.07, 6.45) is 0. The van der Waals surface area contributed by atoms with Crippen LogP contribution in [0.25, 0.3) is 88.3 Å². The lowest BCUT2D eigenvalue weighted by Crippen LogP contribution is -2.13. The number of anilines is 3. The molecule has 0 heterocycles. The molecule has 0 aliphatic rings. The Balaban J connectivity index is 1.17. The van der Waals surface area contributed by atoms with Gasteiger partial charge >= 0.3 is 0 Å². The number of benzene rings is 11. The first-order chi connectivity index (χ1) is 31.3. The molecular formula is C62H43N. The molecule has 0 unspecified atom stereocenters. The highest BCUT2D eigenvalue weighted by atomic mass is 15.1. The van der Waals surface area contributed by atoms with Crippen LogP contribution in [0.3, 0.4) is 0 Å². The van der Waals surface area contributed by atoms with Gasteiger partial charge in [0.25, 0.3) is 0 Å². The molecule has 0 saturated heterocycles. The minimum atomic E-state index is 1.07. The van der Waals surface area contributed by atoms with Crippen molar-refractivity contribution in [1.29, 1.82) is 0 Å². The number of rotatable bonds is 9. The quantitative estimate of drug-likeness (QED) is 0.131. The maximum atomic E-state index is 2.47. The van der Waals surface area contributed by atoms with Crippen molar-refractivity contribution >= 4 is 38.6 Å². The van der Waals surface area contributed by atoms with Crippen LogP contribution in [0.4, 0.5) is 17.1 Å². The summed E-state index contributed by atoms with van der Waals surface area (Å²) in [5.74, 6) is 0. The Morgan fingerprint density at radius 3 is 1.10 bits per heavy atom. The molecule has 0 atom stereocenters. The van der Waals surface area contributed by atoms with Crippen LogP contribution in [-0.2, 0) is 0 Å². The summed E-state index contributed by atoms with van der Waals surface area (Å²) in [6.45, 7) is 0. The molecule has 0 spiro atoms. The van der Waals surface area contributed by atoms with Gasteiger partial charge in [0.15, 0.2) is 0 Å². The average Bonchev–Trinajstić information content (AvgIpc) is 3.37. The Kier molecular flexibility index (Phi) is 9.97. The van der Waals surface area contributed by atoms with Crippen molar-refractivity contribution < 1.29 is 0 Å². The van der Waals surface area contributed by atoms with Crippen LogP contribution in [-0.4, -0.2) is 0 Å². The van der Waals surface area contributed by atoms with Gasteiger partial charge in [0.1, 0.15) is 0 Å². The topological polar surface area (TPSA) is 3.24 Å². The molecule has 0 aromatic heterocycles. The minimum absolute atomic E-state index is 1.07. The summed E-state index contributed by atoms with van der Waals surface area (Å²) in [4.78, 5) is 2.47. The fourth-order valence-corrected chi connectivity index (χ4v) is 9.35. The first kappa shape index (κ1) is 37.7. The van der Waals surface area contributed by atoms with Crippen molar-refractivity contribution in [2.24, 2.45) is 0 Å². The van der Waals surface area contributed by atoms with E-state index in [2.05, 4.69) is 266 Å². The largest absolute Gasteiger partial charge is 0.309 e. The highest BCUT2D eigenvalue weighted by molar-refractivity contribution is 6.22. The predicted molar refractivity (Wildman–Crippen MR) is 269 cm³/mol. The van der Waals surface area contributed by atoms with Crippen LogP contribution >= 0.6 is 0 Å². The fraction of sp³-hybridized carbons (Fsp3) is 0. The van der Waals surface area contributed by atoms with Crippen LogP contribution < -0.4 is 4.90 Å². The molecule has 11 rings (SSSR count). The minimum Gasteiger partial charge on any atom is -0.309 e. The predicted octanol–water partition coefficient (Wildman–Crippen LogP) is 17.5. The third kappa shape index (κ3) is 7.16. The summed E-state index contributed by atoms with van der Waals surface area (Å²) >= 11 is 0. The molecule has 0 saturated carbocycles. The zero-order valence-corrected chi connectivity index (χ0v) is 34.8. The maximum Gasteiger partial charge on any atom is 0.0618 e. The number of fused-ring (bicyclic) bond motifs is 3. The summed E-state index contributed by atoms with van der Waals surface area (Å²) < 4.78 is 0. The lowest BCUT2D eigenvalue weighted by molar-refractivity contribution is 1.28. The zero-order chi connectivity index (χ0) is 42.0. The van der Waals surface area contributed by atoms with Crippen LogP contribution in [0.5, 0.6) is 0 Å². The third-order valence-corrected chi connectivity index (χ3v) is 12.2. The lowest BCUT2D eigenvalue weighted by Gasteiger charge is -2.31. The molecule has 0 aliphatic carbocycles. The van der Waals surface area contributed by atoms with Gasteiger partial charge in [-0.3, -0.25) is 0 Å². The van der Waals surface area contributed by atoms with Gasteiger partial charge in [0, 0.05) is 22.5 Å². The van der Waals surface area contributed by atoms with Crippen LogP contribution in [0.1, 0.15) is 0 Å². The number of para-hydroxylation sites is 1.